The highest BCUT2D eigenvalue weighted by molar-refractivity contribution is 5.93. The van der Waals surface area contributed by atoms with E-state index in [1.54, 1.807) is 0 Å². The molecule has 0 bridgehead atoms. The second-order valence-corrected chi connectivity index (χ2v) is 8.87. The van der Waals surface area contributed by atoms with Crippen LogP contribution >= 0.6 is 0 Å². The number of ketones is 1. The number of benzene rings is 1. The number of rotatable bonds is 13. The first-order valence-corrected chi connectivity index (χ1v) is 11.8. The number of unbranched alkanes of at least 4 members (excludes halogenated alkanes) is 1. The Hall–Kier alpha value is -1.97. The average molecular weight is 413 g/mol. The van der Waals surface area contributed by atoms with Crippen molar-refractivity contribution < 1.29 is 9.59 Å². The summed E-state index contributed by atoms with van der Waals surface area (Å²) in [6.07, 6.45) is 8.70. The van der Waals surface area contributed by atoms with Crippen molar-refractivity contribution in [2.24, 2.45) is 13.0 Å². The molecule has 1 heterocycles. The molecule has 4 nitrogen and oxygen atoms in total. The molecule has 166 valence electrons. The van der Waals surface area contributed by atoms with Crippen LogP contribution in [0, 0.1) is 12.8 Å². The molecule has 1 aromatic heterocycles. The van der Waals surface area contributed by atoms with Crippen LogP contribution < -0.4 is 0 Å². The Labute approximate surface area is 182 Å². The molecule has 0 radical (unpaired) electrons. The molecule has 0 aliphatic rings. The fourth-order valence-corrected chi connectivity index (χ4v) is 4.60. The van der Waals surface area contributed by atoms with Gasteiger partial charge in [0.25, 0.3) is 0 Å². The van der Waals surface area contributed by atoms with Crippen molar-refractivity contribution >= 4 is 23.0 Å². The summed E-state index contributed by atoms with van der Waals surface area (Å²) in [6.45, 7) is 10.7. The van der Waals surface area contributed by atoms with Crippen molar-refractivity contribution in [1.82, 2.24) is 9.78 Å². The topological polar surface area (TPSA) is 52.0 Å². The van der Waals surface area contributed by atoms with Crippen molar-refractivity contribution in [3.63, 3.8) is 0 Å². The van der Waals surface area contributed by atoms with Gasteiger partial charge < -0.3 is 4.79 Å². The minimum atomic E-state index is -0.314. The van der Waals surface area contributed by atoms with Gasteiger partial charge in [0, 0.05) is 24.8 Å². The van der Waals surface area contributed by atoms with E-state index in [1.807, 2.05) is 25.6 Å². The number of aromatic nitrogens is 2. The van der Waals surface area contributed by atoms with Gasteiger partial charge in [-0.2, -0.15) is 5.10 Å². The van der Waals surface area contributed by atoms with Crippen molar-refractivity contribution in [2.75, 3.05) is 0 Å². The summed E-state index contributed by atoms with van der Waals surface area (Å²) in [5.41, 5.74) is 4.65. The van der Waals surface area contributed by atoms with Crippen molar-refractivity contribution in [1.29, 1.82) is 0 Å². The van der Waals surface area contributed by atoms with Crippen LogP contribution in [-0.2, 0) is 16.6 Å². The molecule has 0 amide bonds. The van der Waals surface area contributed by atoms with Gasteiger partial charge >= 0.3 is 0 Å². The summed E-state index contributed by atoms with van der Waals surface area (Å²) in [6, 6.07) is 4.54. The summed E-state index contributed by atoms with van der Waals surface area (Å²) in [5, 5.41) is 5.88. The molecule has 3 unspecified atom stereocenters. The third-order valence-electron chi connectivity index (χ3n) is 6.59. The lowest BCUT2D eigenvalue weighted by Crippen LogP contribution is -2.21. The minimum absolute atomic E-state index is 0.0259. The quantitative estimate of drug-likeness (QED) is 0.347. The smallest absolute Gasteiger partial charge is 0.144 e. The highest BCUT2D eigenvalue weighted by Gasteiger charge is 2.29. The van der Waals surface area contributed by atoms with E-state index in [-0.39, 0.29) is 17.6 Å². The Kier molecular flexibility index (Phi) is 9.26. The highest BCUT2D eigenvalue weighted by Crippen LogP contribution is 2.36. The number of Topliss-reactive ketones (excluding diaryl/α,β-unsaturated/α-hetero) is 1. The monoisotopic (exact) mass is 412 g/mol. The number of hydrogen-bond acceptors (Lipinski definition) is 3. The van der Waals surface area contributed by atoms with Gasteiger partial charge in [-0.3, -0.25) is 9.48 Å². The lowest BCUT2D eigenvalue weighted by Gasteiger charge is -2.20. The van der Waals surface area contributed by atoms with E-state index in [2.05, 4.69) is 32.9 Å². The SMILES string of the molecule is CCCCC(CCC)c1cc2c(cc1C)c(C(CCC=O)C(=O)C(C)CC)nn2C. The minimum Gasteiger partial charge on any atom is -0.303 e. The standard InChI is InChI=1S/C26H40N2O2/c1-7-10-13-20(12-8-2)22-17-24-23(16-19(22)5)25(27-28(24)6)21(14-11-15-29)26(30)18(4)9-3/h15-18,20-21H,7-14H2,1-6H3. The third kappa shape index (κ3) is 5.39. The molecule has 2 rings (SSSR count). The van der Waals surface area contributed by atoms with Gasteiger partial charge in [-0.1, -0.05) is 47.0 Å². The summed E-state index contributed by atoms with van der Waals surface area (Å²) < 4.78 is 1.92. The van der Waals surface area contributed by atoms with E-state index < -0.39 is 0 Å². The number of aryl methyl sites for hydroxylation is 2. The molecule has 0 saturated heterocycles. The van der Waals surface area contributed by atoms with E-state index in [0.29, 0.717) is 18.8 Å². The normalized spacial score (nSPS) is 14.6. The third-order valence-corrected chi connectivity index (χ3v) is 6.59. The van der Waals surface area contributed by atoms with Crippen LogP contribution in [0.5, 0.6) is 0 Å². The molecular formula is C26H40N2O2. The number of carbonyl (C=O) groups excluding carboxylic acids is 2. The van der Waals surface area contributed by atoms with Gasteiger partial charge in [-0.15, -0.1) is 0 Å². The predicted octanol–water partition coefficient (Wildman–Crippen LogP) is 6.63. The predicted molar refractivity (Wildman–Crippen MR) is 125 cm³/mol. The molecule has 3 atom stereocenters. The van der Waals surface area contributed by atoms with Crippen LogP contribution in [-0.4, -0.2) is 21.8 Å². The van der Waals surface area contributed by atoms with Gasteiger partial charge in [-0.25, -0.2) is 0 Å². The van der Waals surface area contributed by atoms with E-state index in [0.717, 1.165) is 29.3 Å². The molecule has 0 fully saturated rings. The first-order chi connectivity index (χ1) is 14.4. The number of hydrogen-bond donors (Lipinski definition) is 0. The van der Waals surface area contributed by atoms with Crippen LogP contribution in [0.1, 0.15) is 108 Å². The fraction of sp³-hybridized carbons (Fsp3) is 0.654. The summed E-state index contributed by atoms with van der Waals surface area (Å²) in [7, 11) is 1.97. The largest absolute Gasteiger partial charge is 0.303 e. The molecule has 30 heavy (non-hydrogen) atoms. The van der Waals surface area contributed by atoms with Crippen molar-refractivity contribution in [2.45, 2.75) is 97.8 Å². The molecule has 0 aliphatic heterocycles. The maximum Gasteiger partial charge on any atom is 0.144 e. The summed E-state index contributed by atoms with van der Waals surface area (Å²) in [4.78, 5) is 24.2. The molecule has 2 aromatic rings. The Morgan fingerprint density at radius 3 is 2.47 bits per heavy atom. The zero-order chi connectivity index (χ0) is 22.3. The number of nitrogens with zero attached hydrogens (tertiary/aromatic N) is 2. The molecule has 1 aromatic carbocycles. The maximum atomic E-state index is 13.1. The van der Waals surface area contributed by atoms with E-state index >= 15 is 0 Å². The first-order valence-electron chi connectivity index (χ1n) is 11.8. The van der Waals surface area contributed by atoms with E-state index in [1.165, 1.54) is 43.2 Å². The Bertz CT molecular complexity index is 852. The zero-order valence-electron chi connectivity index (χ0n) is 19.8. The number of aldehydes is 1. The lowest BCUT2D eigenvalue weighted by atomic mass is 9.83. The van der Waals surface area contributed by atoms with Crippen LogP contribution in [0.4, 0.5) is 0 Å². The zero-order valence-corrected chi connectivity index (χ0v) is 19.8. The van der Waals surface area contributed by atoms with Crippen LogP contribution in [0.15, 0.2) is 12.1 Å². The highest BCUT2D eigenvalue weighted by atomic mass is 16.1. The number of carbonyl (C=O) groups is 2. The Morgan fingerprint density at radius 1 is 1.13 bits per heavy atom. The van der Waals surface area contributed by atoms with Gasteiger partial charge in [0.1, 0.15) is 12.1 Å². The first kappa shape index (κ1) is 24.3. The maximum absolute atomic E-state index is 13.1. The second kappa shape index (κ2) is 11.4. The van der Waals surface area contributed by atoms with Crippen molar-refractivity contribution in [3.8, 4) is 0 Å². The summed E-state index contributed by atoms with van der Waals surface area (Å²) in [5.74, 6) is 0.436. The van der Waals surface area contributed by atoms with Crippen LogP contribution in [0.3, 0.4) is 0 Å². The van der Waals surface area contributed by atoms with Crippen molar-refractivity contribution in [3.05, 3.63) is 29.0 Å². The molecule has 0 spiro atoms. The van der Waals surface area contributed by atoms with Gasteiger partial charge in [0.05, 0.1) is 17.1 Å². The van der Waals surface area contributed by atoms with E-state index in [4.69, 9.17) is 5.10 Å². The summed E-state index contributed by atoms with van der Waals surface area (Å²) >= 11 is 0. The second-order valence-electron chi connectivity index (χ2n) is 8.87. The van der Waals surface area contributed by atoms with Crippen LogP contribution in [0.25, 0.3) is 10.9 Å². The van der Waals surface area contributed by atoms with Gasteiger partial charge in [0.2, 0.25) is 0 Å². The van der Waals surface area contributed by atoms with Crippen LogP contribution in [0.2, 0.25) is 0 Å². The van der Waals surface area contributed by atoms with Gasteiger partial charge in [-0.05, 0) is 61.8 Å². The Balaban J connectivity index is 2.56. The molecule has 4 heteroatoms. The van der Waals surface area contributed by atoms with E-state index in [9.17, 15) is 9.59 Å². The lowest BCUT2D eigenvalue weighted by molar-refractivity contribution is -0.124. The average Bonchev–Trinajstić information content (AvgIpc) is 3.05. The molecular weight excluding hydrogens is 372 g/mol. The number of fused-ring (bicyclic) bond motifs is 1. The fourth-order valence-electron chi connectivity index (χ4n) is 4.60. The van der Waals surface area contributed by atoms with Gasteiger partial charge in [0.15, 0.2) is 0 Å². The molecule has 0 N–H and O–H groups in total. The molecule has 0 aliphatic carbocycles. The Morgan fingerprint density at radius 2 is 1.87 bits per heavy atom. The molecule has 0 saturated carbocycles.